The van der Waals surface area contributed by atoms with E-state index in [9.17, 15) is 0 Å². The van der Waals surface area contributed by atoms with Gasteiger partial charge in [0.1, 0.15) is 17.2 Å². The van der Waals surface area contributed by atoms with Crippen molar-refractivity contribution in [3.8, 4) is 17.2 Å². The highest BCUT2D eigenvalue weighted by molar-refractivity contribution is 5.51. The molecule has 1 saturated heterocycles. The molecule has 4 heteroatoms. The molecular formula is C29H33NO3. The van der Waals surface area contributed by atoms with Crippen LogP contribution in [-0.2, 0) is 0 Å². The van der Waals surface area contributed by atoms with Crippen LogP contribution in [0.2, 0.25) is 0 Å². The standard InChI is InChI=1S/C29H33NO3/c1-31-25-14-15-28-26(20-25)29(27(21-33-28)22-8-3-2-4-9-22)23-10-12-24(13-11-23)32-19-7-18-30-16-5-6-17-30/h2-4,8-15,20,27,29H,5-7,16-19,21H2,1H3. The zero-order chi connectivity index (χ0) is 22.5. The Morgan fingerprint density at radius 2 is 1.64 bits per heavy atom. The van der Waals surface area contributed by atoms with Crippen LogP contribution in [0.25, 0.3) is 0 Å². The molecule has 0 spiro atoms. The Morgan fingerprint density at radius 3 is 2.39 bits per heavy atom. The van der Waals surface area contributed by atoms with Crippen molar-refractivity contribution < 1.29 is 14.2 Å². The Hall–Kier alpha value is -2.98. The summed E-state index contributed by atoms with van der Waals surface area (Å²) in [6, 6.07) is 25.4. The smallest absolute Gasteiger partial charge is 0.123 e. The van der Waals surface area contributed by atoms with Crippen molar-refractivity contribution >= 4 is 0 Å². The maximum Gasteiger partial charge on any atom is 0.123 e. The molecule has 2 aliphatic heterocycles. The number of ether oxygens (including phenoxy) is 3. The molecule has 4 nitrogen and oxygen atoms in total. The molecule has 2 atom stereocenters. The van der Waals surface area contributed by atoms with Gasteiger partial charge >= 0.3 is 0 Å². The fraction of sp³-hybridized carbons (Fsp3) is 0.379. The summed E-state index contributed by atoms with van der Waals surface area (Å²) in [6.45, 7) is 5.04. The van der Waals surface area contributed by atoms with E-state index in [0.717, 1.165) is 36.8 Å². The fourth-order valence-electron chi connectivity index (χ4n) is 5.18. The van der Waals surface area contributed by atoms with Crippen LogP contribution in [0.4, 0.5) is 0 Å². The molecule has 172 valence electrons. The number of methoxy groups -OCH3 is 1. The second-order valence-electron chi connectivity index (χ2n) is 9.03. The summed E-state index contributed by atoms with van der Waals surface area (Å²) < 4.78 is 17.8. The Kier molecular flexibility index (Phi) is 6.82. The summed E-state index contributed by atoms with van der Waals surface area (Å²) in [7, 11) is 1.71. The predicted octanol–water partition coefficient (Wildman–Crippen LogP) is 5.87. The van der Waals surface area contributed by atoms with E-state index in [0.29, 0.717) is 6.61 Å². The van der Waals surface area contributed by atoms with Crippen LogP contribution in [0.3, 0.4) is 0 Å². The molecule has 0 N–H and O–H groups in total. The van der Waals surface area contributed by atoms with Gasteiger partial charge in [0, 0.05) is 23.9 Å². The van der Waals surface area contributed by atoms with E-state index in [1.54, 1.807) is 7.11 Å². The van der Waals surface area contributed by atoms with Gasteiger partial charge in [-0.2, -0.15) is 0 Å². The average molecular weight is 444 g/mol. The Labute approximate surface area is 197 Å². The van der Waals surface area contributed by atoms with Crippen LogP contribution in [-0.4, -0.2) is 44.9 Å². The van der Waals surface area contributed by atoms with Crippen molar-refractivity contribution in [1.29, 1.82) is 0 Å². The highest BCUT2D eigenvalue weighted by Crippen LogP contribution is 2.47. The predicted molar refractivity (Wildman–Crippen MR) is 132 cm³/mol. The van der Waals surface area contributed by atoms with Gasteiger partial charge < -0.3 is 19.1 Å². The van der Waals surface area contributed by atoms with Crippen molar-refractivity contribution in [3.05, 3.63) is 89.5 Å². The maximum absolute atomic E-state index is 6.19. The highest BCUT2D eigenvalue weighted by atomic mass is 16.5. The zero-order valence-electron chi connectivity index (χ0n) is 19.4. The molecule has 0 amide bonds. The summed E-state index contributed by atoms with van der Waals surface area (Å²) in [4.78, 5) is 2.53. The summed E-state index contributed by atoms with van der Waals surface area (Å²) in [6.07, 6.45) is 3.76. The molecule has 0 aromatic heterocycles. The molecule has 5 rings (SSSR count). The number of hydrogen-bond acceptors (Lipinski definition) is 4. The summed E-state index contributed by atoms with van der Waals surface area (Å²) >= 11 is 0. The first-order valence-corrected chi connectivity index (χ1v) is 12.1. The van der Waals surface area contributed by atoms with Crippen LogP contribution in [0, 0.1) is 0 Å². The molecule has 33 heavy (non-hydrogen) atoms. The van der Waals surface area contributed by atoms with Gasteiger partial charge in [-0.1, -0.05) is 42.5 Å². The Morgan fingerprint density at radius 1 is 0.879 bits per heavy atom. The van der Waals surface area contributed by atoms with Crippen LogP contribution in [0.1, 0.15) is 47.8 Å². The largest absolute Gasteiger partial charge is 0.497 e. The monoisotopic (exact) mass is 443 g/mol. The van der Waals surface area contributed by atoms with Gasteiger partial charge in [-0.15, -0.1) is 0 Å². The van der Waals surface area contributed by atoms with Crippen molar-refractivity contribution in [1.82, 2.24) is 4.90 Å². The zero-order valence-corrected chi connectivity index (χ0v) is 19.4. The third kappa shape index (κ3) is 5.01. The molecule has 2 heterocycles. The lowest BCUT2D eigenvalue weighted by molar-refractivity contribution is 0.248. The van der Waals surface area contributed by atoms with Gasteiger partial charge in [-0.05, 0) is 73.8 Å². The first-order valence-electron chi connectivity index (χ1n) is 12.1. The van der Waals surface area contributed by atoms with Gasteiger partial charge in [0.2, 0.25) is 0 Å². The molecule has 0 aliphatic carbocycles. The maximum atomic E-state index is 6.19. The van der Waals surface area contributed by atoms with Crippen LogP contribution in [0.15, 0.2) is 72.8 Å². The van der Waals surface area contributed by atoms with Crippen molar-refractivity contribution in [2.24, 2.45) is 0 Å². The second kappa shape index (κ2) is 10.3. The molecule has 3 aromatic rings. The first-order chi connectivity index (χ1) is 16.3. The minimum Gasteiger partial charge on any atom is -0.497 e. The lowest BCUT2D eigenvalue weighted by Gasteiger charge is -2.34. The Balaban J connectivity index is 1.35. The van der Waals surface area contributed by atoms with Gasteiger partial charge in [0.15, 0.2) is 0 Å². The average Bonchev–Trinajstić information content (AvgIpc) is 3.40. The third-order valence-electron chi connectivity index (χ3n) is 6.93. The van der Waals surface area contributed by atoms with E-state index >= 15 is 0 Å². The van der Waals surface area contributed by atoms with Crippen molar-refractivity contribution in [2.45, 2.75) is 31.1 Å². The van der Waals surface area contributed by atoms with E-state index in [-0.39, 0.29) is 11.8 Å². The van der Waals surface area contributed by atoms with Crippen LogP contribution >= 0.6 is 0 Å². The minimum absolute atomic E-state index is 0.190. The van der Waals surface area contributed by atoms with Crippen molar-refractivity contribution in [2.75, 3.05) is 40.0 Å². The summed E-state index contributed by atoms with van der Waals surface area (Å²) in [5.41, 5.74) is 3.73. The second-order valence-corrected chi connectivity index (χ2v) is 9.03. The summed E-state index contributed by atoms with van der Waals surface area (Å²) in [5.74, 6) is 3.16. The minimum atomic E-state index is 0.190. The molecule has 0 saturated carbocycles. The van der Waals surface area contributed by atoms with Gasteiger partial charge in [-0.3, -0.25) is 0 Å². The van der Waals surface area contributed by atoms with E-state index in [1.807, 2.05) is 12.1 Å². The van der Waals surface area contributed by atoms with Crippen molar-refractivity contribution in [3.63, 3.8) is 0 Å². The van der Waals surface area contributed by atoms with E-state index in [2.05, 4.69) is 65.6 Å². The molecule has 3 aromatic carbocycles. The Bertz CT molecular complexity index is 1030. The van der Waals surface area contributed by atoms with Gasteiger partial charge in [-0.25, -0.2) is 0 Å². The molecule has 0 bridgehead atoms. The first kappa shape index (κ1) is 21.8. The third-order valence-corrected chi connectivity index (χ3v) is 6.93. The number of hydrogen-bond donors (Lipinski definition) is 0. The molecule has 0 radical (unpaired) electrons. The van der Waals surface area contributed by atoms with Crippen LogP contribution in [0.5, 0.6) is 17.2 Å². The SMILES string of the molecule is COc1ccc2c(c1)C(c1ccc(OCCCN3CCCC3)cc1)C(c1ccccc1)CO2. The fourth-order valence-corrected chi connectivity index (χ4v) is 5.18. The lowest BCUT2D eigenvalue weighted by Crippen LogP contribution is -2.25. The van der Waals surface area contributed by atoms with E-state index in [4.69, 9.17) is 14.2 Å². The summed E-state index contributed by atoms with van der Waals surface area (Å²) in [5, 5.41) is 0. The van der Waals surface area contributed by atoms with Gasteiger partial charge in [0.25, 0.3) is 0 Å². The number of rotatable bonds is 8. The number of fused-ring (bicyclic) bond motifs is 1. The molecular weight excluding hydrogens is 410 g/mol. The molecule has 1 fully saturated rings. The van der Waals surface area contributed by atoms with E-state index in [1.165, 1.54) is 42.6 Å². The van der Waals surface area contributed by atoms with E-state index < -0.39 is 0 Å². The van der Waals surface area contributed by atoms with Crippen LogP contribution < -0.4 is 14.2 Å². The molecule has 2 unspecified atom stereocenters. The number of nitrogens with zero attached hydrogens (tertiary/aromatic N) is 1. The quantitative estimate of drug-likeness (QED) is 0.408. The number of benzene rings is 3. The van der Waals surface area contributed by atoms with Gasteiger partial charge in [0.05, 0.1) is 20.3 Å². The lowest BCUT2D eigenvalue weighted by atomic mass is 9.76. The molecule has 2 aliphatic rings. The topological polar surface area (TPSA) is 30.9 Å². The number of likely N-dealkylation sites (tertiary alicyclic amines) is 1. The highest BCUT2D eigenvalue weighted by Gasteiger charge is 2.33. The normalized spacial score (nSPS) is 20.2.